The van der Waals surface area contributed by atoms with Crippen LogP contribution in [0.1, 0.15) is 36.8 Å². The number of nitrogens with two attached hydrogens (primary N) is 1. The molecule has 16 heavy (non-hydrogen) atoms. The summed E-state index contributed by atoms with van der Waals surface area (Å²) in [5.74, 6) is 0. The molecule has 0 aromatic heterocycles. The van der Waals surface area contributed by atoms with Gasteiger partial charge in [-0.15, -0.1) is 11.8 Å². The minimum absolute atomic E-state index is 0.388. The van der Waals surface area contributed by atoms with Crippen LogP contribution in [0.15, 0.2) is 23.1 Å². The van der Waals surface area contributed by atoms with Crippen LogP contribution in [0.25, 0.3) is 0 Å². The van der Waals surface area contributed by atoms with Crippen LogP contribution in [0.4, 0.5) is 0 Å². The van der Waals surface area contributed by atoms with Crippen LogP contribution in [0.5, 0.6) is 0 Å². The number of aryl methyl sites for hydroxylation is 2. The summed E-state index contributed by atoms with van der Waals surface area (Å²) >= 11 is 1.99. The lowest BCUT2D eigenvalue weighted by Gasteiger charge is -2.28. The minimum atomic E-state index is 0.388. The SMILES string of the molecule is Cc1ccc(C)c(SC2CCCCC2N)c1. The van der Waals surface area contributed by atoms with Crippen molar-refractivity contribution < 1.29 is 0 Å². The van der Waals surface area contributed by atoms with Crippen molar-refractivity contribution >= 4 is 11.8 Å². The van der Waals surface area contributed by atoms with Crippen molar-refractivity contribution in [3.8, 4) is 0 Å². The van der Waals surface area contributed by atoms with Gasteiger partial charge in [0, 0.05) is 16.2 Å². The first-order valence-corrected chi connectivity index (χ1v) is 7.04. The van der Waals surface area contributed by atoms with E-state index < -0.39 is 0 Å². The summed E-state index contributed by atoms with van der Waals surface area (Å²) in [6.07, 6.45) is 5.13. The molecular weight excluding hydrogens is 214 g/mol. The fourth-order valence-corrected chi connectivity index (χ4v) is 3.70. The lowest BCUT2D eigenvalue weighted by atomic mass is 9.96. The maximum Gasteiger partial charge on any atom is 0.0246 e. The smallest absolute Gasteiger partial charge is 0.0246 e. The summed E-state index contributed by atoms with van der Waals surface area (Å²) < 4.78 is 0. The number of benzene rings is 1. The molecule has 0 radical (unpaired) electrons. The quantitative estimate of drug-likeness (QED) is 0.846. The van der Waals surface area contributed by atoms with Gasteiger partial charge in [-0.2, -0.15) is 0 Å². The zero-order valence-corrected chi connectivity index (χ0v) is 11.0. The van der Waals surface area contributed by atoms with Gasteiger partial charge in [-0.3, -0.25) is 0 Å². The third kappa shape index (κ3) is 2.80. The lowest BCUT2D eigenvalue weighted by molar-refractivity contribution is 0.453. The Balaban J connectivity index is 2.10. The van der Waals surface area contributed by atoms with Crippen molar-refractivity contribution in [3.63, 3.8) is 0 Å². The van der Waals surface area contributed by atoms with E-state index in [0.717, 1.165) is 0 Å². The highest BCUT2D eigenvalue weighted by Crippen LogP contribution is 2.34. The Kier molecular flexibility index (Phi) is 3.93. The lowest BCUT2D eigenvalue weighted by Crippen LogP contribution is -2.35. The van der Waals surface area contributed by atoms with Gasteiger partial charge in [0.15, 0.2) is 0 Å². The molecule has 1 aliphatic rings. The Labute approximate surface area is 103 Å². The molecule has 2 unspecified atom stereocenters. The van der Waals surface area contributed by atoms with Crippen LogP contribution in [0.2, 0.25) is 0 Å². The number of hydrogen-bond acceptors (Lipinski definition) is 2. The molecule has 1 fully saturated rings. The van der Waals surface area contributed by atoms with Gasteiger partial charge in [0.25, 0.3) is 0 Å². The Morgan fingerprint density at radius 1 is 1.19 bits per heavy atom. The number of thioether (sulfide) groups is 1. The van der Waals surface area contributed by atoms with Crippen LogP contribution < -0.4 is 5.73 Å². The van der Waals surface area contributed by atoms with Crippen molar-refractivity contribution in [2.24, 2.45) is 5.73 Å². The summed E-state index contributed by atoms with van der Waals surface area (Å²) in [6, 6.07) is 7.08. The fraction of sp³-hybridized carbons (Fsp3) is 0.571. The van der Waals surface area contributed by atoms with E-state index in [1.54, 1.807) is 0 Å². The van der Waals surface area contributed by atoms with E-state index in [-0.39, 0.29) is 0 Å². The summed E-state index contributed by atoms with van der Waals surface area (Å²) in [6.45, 7) is 4.35. The van der Waals surface area contributed by atoms with E-state index in [1.165, 1.54) is 41.7 Å². The molecule has 1 saturated carbocycles. The van der Waals surface area contributed by atoms with Gasteiger partial charge >= 0.3 is 0 Å². The molecule has 2 rings (SSSR count). The highest BCUT2D eigenvalue weighted by Gasteiger charge is 2.23. The summed E-state index contributed by atoms with van der Waals surface area (Å²) in [5, 5.41) is 0.620. The van der Waals surface area contributed by atoms with Gasteiger partial charge in [-0.1, -0.05) is 30.5 Å². The predicted molar refractivity (Wildman–Crippen MR) is 72.0 cm³/mol. The standard InChI is InChI=1S/C14H21NS/c1-10-7-8-11(2)14(9-10)16-13-6-4-3-5-12(13)15/h7-9,12-13H,3-6,15H2,1-2H3. The van der Waals surface area contributed by atoms with Gasteiger partial charge in [0.05, 0.1) is 0 Å². The molecule has 1 aliphatic carbocycles. The molecule has 2 heteroatoms. The first kappa shape index (κ1) is 12.0. The molecule has 2 N–H and O–H groups in total. The number of rotatable bonds is 2. The van der Waals surface area contributed by atoms with Crippen molar-refractivity contribution in [2.75, 3.05) is 0 Å². The summed E-state index contributed by atoms with van der Waals surface area (Å²) in [5.41, 5.74) is 8.92. The van der Waals surface area contributed by atoms with E-state index in [9.17, 15) is 0 Å². The van der Waals surface area contributed by atoms with Crippen molar-refractivity contribution in [1.29, 1.82) is 0 Å². The van der Waals surface area contributed by atoms with Crippen LogP contribution in [-0.4, -0.2) is 11.3 Å². The maximum absolute atomic E-state index is 6.19. The zero-order chi connectivity index (χ0) is 11.5. The third-order valence-corrected chi connectivity index (χ3v) is 4.96. The highest BCUT2D eigenvalue weighted by molar-refractivity contribution is 8.00. The average molecular weight is 235 g/mol. The first-order valence-electron chi connectivity index (χ1n) is 6.16. The van der Waals surface area contributed by atoms with Crippen molar-refractivity contribution in [2.45, 2.75) is 55.7 Å². The van der Waals surface area contributed by atoms with Crippen LogP contribution in [-0.2, 0) is 0 Å². The molecule has 1 aromatic carbocycles. The Morgan fingerprint density at radius 3 is 2.69 bits per heavy atom. The molecule has 1 aromatic rings. The van der Waals surface area contributed by atoms with E-state index in [4.69, 9.17) is 5.73 Å². The van der Waals surface area contributed by atoms with Crippen LogP contribution >= 0.6 is 11.8 Å². The zero-order valence-electron chi connectivity index (χ0n) is 10.2. The van der Waals surface area contributed by atoms with Crippen molar-refractivity contribution in [1.82, 2.24) is 0 Å². The Bertz CT molecular complexity index is 362. The van der Waals surface area contributed by atoms with Gasteiger partial charge < -0.3 is 5.73 Å². The first-order chi connectivity index (χ1) is 7.66. The van der Waals surface area contributed by atoms with Gasteiger partial charge in [-0.25, -0.2) is 0 Å². The van der Waals surface area contributed by atoms with E-state index in [0.29, 0.717) is 11.3 Å². The second kappa shape index (κ2) is 5.24. The topological polar surface area (TPSA) is 26.0 Å². The molecule has 0 bridgehead atoms. The molecule has 0 spiro atoms. The predicted octanol–water partition coefficient (Wildman–Crippen LogP) is 3.67. The molecule has 2 atom stereocenters. The molecular formula is C14H21NS. The van der Waals surface area contributed by atoms with E-state index in [1.807, 2.05) is 11.8 Å². The highest BCUT2D eigenvalue weighted by atomic mass is 32.2. The monoisotopic (exact) mass is 235 g/mol. The average Bonchev–Trinajstić information content (AvgIpc) is 2.27. The second-order valence-electron chi connectivity index (χ2n) is 4.87. The normalized spacial score (nSPS) is 25.7. The summed E-state index contributed by atoms with van der Waals surface area (Å²) in [7, 11) is 0. The van der Waals surface area contributed by atoms with Gasteiger partial charge in [0.1, 0.15) is 0 Å². The Hall–Kier alpha value is -0.470. The van der Waals surface area contributed by atoms with Crippen LogP contribution in [0.3, 0.4) is 0 Å². The molecule has 0 saturated heterocycles. The van der Waals surface area contributed by atoms with Crippen LogP contribution in [0, 0.1) is 13.8 Å². The summed E-state index contributed by atoms with van der Waals surface area (Å²) in [4.78, 5) is 1.42. The molecule has 0 amide bonds. The molecule has 1 nitrogen and oxygen atoms in total. The minimum Gasteiger partial charge on any atom is -0.327 e. The number of hydrogen-bond donors (Lipinski definition) is 1. The molecule has 0 aliphatic heterocycles. The third-order valence-electron chi connectivity index (χ3n) is 3.38. The second-order valence-corrected chi connectivity index (χ2v) is 6.15. The maximum atomic E-state index is 6.19. The fourth-order valence-electron chi connectivity index (χ4n) is 2.27. The largest absolute Gasteiger partial charge is 0.327 e. The van der Waals surface area contributed by atoms with Gasteiger partial charge in [0.2, 0.25) is 0 Å². The molecule has 0 heterocycles. The van der Waals surface area contributed by atoms with Gasteiger partial charge in [-0.05, 0) is 38.3 Å². The van der Waals surface area contributed by atoms with E-state index >= 15 is 0 Å². The Morgan fingerprint density at radius 2 is 1.94 bits per heavy atom. The van der Waals surface area contributed by atoms with Crippen molar-refractivity contribution in [3.05, 3.63) is 29.3 Å². The molecule has 88 valence electrons. The van der Waals surface area contributed by atoms with E-state index in [2.05, 4.69) is 32.0 Å².